The number of amides is 3. The molecule has 4 rings (SSSR count). The Kier molecular flexibility index (Phi) is 10.1. The molecule has 0 bridgehead atoms. The maximum Gasteiger partial charge on any atom is 0.246 e. The number of piperazine rings is 1. The van der Waals surface area contributed by atoms with E-state index in [-0.39, 0.29) is 23.8 Å². The molecular formula is C29H36Cl2N4O3. The number of benzene rings is 2. The fraction of sp³-hybridized carbons (Fsp3) is 0.483. The number of halogens is 2. The molecule has 0 aromatic heterocycles. The van der Waals surface area contributed by atoms with Gasteiger partial charge in [-0.1, -0.05) is 60.8 Å². The lowest BCUT2D eigenvalue weighted by Crippen LogP contribution is -2.63. The fourth-order valence-electron chi connectivity index (χ4n) is 5.23. The molecule has 0 spiro atoms. The first-order valence-electron chi connectivity index (χ1n) is 13.5. The number of rotatable bonds is 10. The second-order valence-corrected chi connectivity index (χ2v) is 11.0. The molecule has 2 heterocycles. The summed E-state index contributed by atoms with van der Waals surface area (Å²) in [4.78, 5) is 44.1. The van der Waals surface area contributed by atoms with Crippen LogP contribution in [0.25, 0.3) is 0 Å². The number of carbonyl (C=O) groups is 3. The normalized spacial score (nSPS) is 20.4. The molecule has 2 aliphatic heterocycles. The Balaban J connectivity index is 1.48. The Morgan fingerprint density at radius 1 is 1.03 bits per heavy atom. The Morgan fingerprint density at radius 2 is 1.68 bits per heavy atom. The van der Waals surface area contributed by atoms with E-state index in [2.05, 4.69) is 10.6 Å². The second-order valence-electron chi connectivity index (χ2n) is 10.1. The van der Waals surface area contributed by atoms with Gasteiger partial charge in [-0.15, -0.1) is 0 Å². The van der Waals surface area contributed by atoms with E-state index >= 15 is 0 Å². The first-order chi connectivity index (χ1) is 18.4. The minimum atomic E-state index is -0.765. The fourth-order valence-corrected chi connectivity index (χ4v) is 5.48. The molecule has 7 nitrogen and oxygen atoms in total. The predicted molar refractivity (Wildman–Crippen MR) is 150 cm³/mol. The minimum Gasteiger partial charge on any atom is -0.343 e. The van der Waals surface area contributed by atoms with Crippen molar-refractivity contribution in [3.8, 4) is 0 Å². The summed E-state index contributed by atoms with van der Waals surface area (Å²) in [5, 5.41) is 7.49. The first-order valence-corrected chi connectivity index (χ1v) is 14.2. The van der Waals surface area contributed by atoms with Crippen molar-refractivity contribution in [3.63, 3.8) is 0 Å². The van der Waals surface area contributed by atoms with E-state index < -0.39 is 12.1 Å². The highest BCUT2D eigenvalue weighted by atomic mass is 35.5. The monoisotopic (exact) mass is 558 g/mol. The summed E-state index contributed by atoms with van der Waals surface area (Å²) in [6.45, 7) is 4.29. The summed E-state index contributed by atoms with van der Waals surface area (Å²) in [7, 11) is 0. The highest BCUT2D eigenvalue weighted by Gasteiger charge is 2.40. The third kappa shape index (κ3) is 7.28. The maximum absolute atomic E-state index is 14.0. The average Bonchev–Trinajstić information content (AvgIpc) is 3.46. The van der Waals surface area contributed by atoms with Gasteiger partial charge in [0, 0.05) is 36.1 Å². The van der Waals surface area contributed by atoms with E-state index in [0.717, 1.165) is 43.4 Å². The van der Waals surface area contributed by atoms with Crippen molar-refractivity contribution in [3.05, 3.63) is 69.7 Å². The molecule has 0 aliphatic carbocycles. The van der Waals surface area contributed by atoms with Crippen LogP contribution in [0.3, 0.4) is 0 Å². The predicted octanol–water partition coefficient (Wildman–Crippen LogP) is 3.85. The van der Waals surface area contributed by atoms with Crippen molar-refractivity contribution >= 4 is 40.9 Å². The van der Waals surface area contributed by atoms with Crippen LogP contribution in [0, 0.1) is 0 Å². The summed E-state index contributed by atoms with van der Waals surface area (Å²) in [5.74, 6) is -0.417. The summed E-state index contributed by atoms with van der Waals surface area (Å²) >= 11 is 12.1. The smallest absolute Gasteiger partial charge is 0.246 e. The molecule has 2 N–H and O–H groups in total. The molecular weight excluding hydrogens is 523 g/mol. The van der Waals surface area contributed by atoms with Gasteiger partial charge in [-0.05, 0) is 67.6 Å². The van der Waals surface area contributed by atoms with Gasteiger partial charge in [0.2, 0.25) is 17.7 Å². The minimum absolute atomic E-state index is 0.0329. The lowest BCUT2D eigenvalue weighted by Gasteiger charge is -2.42. The van der Waals surface area contributed by atoms with E-state index in [1.54, 1.807) is 17.0 Å². The third-order valence-electron chi connectivity index (χ3n) is 7.36. The number of hydrogen-bond acceptors (Lipinski definition) is 4. The van der Waals surface area contributed by atoms with E-state index in [1.165, 1.54) is 0 Å². The van der Waals surface area contributed by atoms with Gasteiger partial charge in [-0.25, -0.2) is 0 Å². The van der Waals surface area contributed by atoms with Gasteiger partial charge in [0.1, 0.15) is 12.1 Å². The molecule has 2 saturated heterocycles. The third-order valence-corrected chi connectivity index (χ3v) is 7.86. The van der Waals surface area contributed by atoms with Crippen molar-refractivity contribution in [2.24, 2.45) is 0 Å². The Hall–Kier alpha value is -2.61. The van der Waals surface area contributed by atoms with Crippen LogP contribution >= 0.6 is 23.2 Å². The lowest BCUT2D eigenvalue weighted by atomic mass is 10.00. The summed E-state index contributed by atoms with van der Waals surface area (Å²) in [6.07, 6.45) is 4.08. The van der Waals surface area contributed by atoms with Gasteiger partial charge in [0.15, 0.2) is 0 Å². The van der Waals surface area contributed by atoms with Gasteiger partial charge in [0.05, 0.1) is 6.04 Å². The molecule has 38 heavy (non-hydrogen) atoms. The van der Waals surface area contributed by atoms with E-state index in [0.29, 0.717) is 42.5 Å². The highest BCUT2D eigenvalue weighted by Crippen LogP contribution is 2.21. The van der Waals surface area contributed by atoms with Crippen LogP contribution in [0.5, 0.6) is 0 Å². The van der Waals surface area contributed by atoms with E-state index in [9.17, 15) is 14.4 Å². The van der Waals surface area contributed by atoms with Crippen LogP contribution in [0.2, 0.25) is 10.0 Å². The molecule has 3 atom stereocenters. The molecule has 2 fully saturated rings. The SMILES string of the molecule is CCCC1C(=O)N(CCc2ccc(Cl)cc2)CCN1C(=O)C(Cc1ccc(Cl)cc1)NC(=O)C1CCCN1. The topological polar surface area (TPSA) is 81.8 Å². The largest absolute Gasteiger partial charge is 0.343 e. The zero-order chi connectivity index (χ0) is 27.1. The van der Waals surface area contributed by atoms with Gasteiger partial charge < -0.3 is 20.4 Å². The Bertz CT molecular complexity index is 1100. The van der Waals surface area contributed by atoms with Crippen molar-refractivity contribution in [1.82, 2.24) is 20.4 Å². The standard InChI is InChI=1S/C29H36Cl2N4O3/c1-2-4-26-29(38)34(16-14-20-6-10-22(30)11-7-20)17-18-35(26)28(37)25(19-21-8-12-23(31)13-9-21)33-27(36)24-5-3-15-32-24/h6-13,24-26,32H,2-5,14-19H2,1H3,(H,33,36). The Morgan fingerprint density at radius 3 is 2.29 bits per heavy atom. The van der Waals surface area contributed by atoms with Crippen molar-refractivity contribution < 1.29 is 14.4 Å². The molecule has 9 heteroatoms. The molecule has 0 saturated carbocycles. The van der Waals surface area contributed by atoms with Crippen molar-refractivity contribution in [2.45, 2.75) is 63.6 Å². The molecule has 0 radical (unpaired) electrons. The zero-order valence-electron chi connectivity index (χ0n) is 21.8. The van der Waals surface area contributed by atoms with E-state index in [4.69, 9.17) is 23.2 Å². The highest BCUT2D eigenvalue weighted by molar-refractivity contribution is 6.30. The number of nitrogens with one attached hydrogen (secondary N) is 2. The van der Waals surface area contributed by atoms with Gasteiger partial charge in [-0.2, -0.15) is 0 Å². The molecule has 2 aliphatic rings. The number of nitrogens with zero attached hydrogens (tertiary/aromatic N) is 2. The quantitative estimate of drug-likeness (QED) is 0.464. The van der Waals surface area contributed by atoms with Gasteiger partial charge in [0.25, 0.3) is 0 Å². The average molecular weight is 560 g/mol. The molecule has 3 unspecified atom stereocenters. The summed E-state index contributed by atoms with van der Waals surface area (Å²) < 4.78 is 0. The maximum atomic E-state index is 14.0. The molecule has 204 valence electrons. The number of hydrogen-bond donors (Lipinski definition) is 2. The van der Waals surface area contributed by atoms with Crippen LogP contribution in [-0.4, -0.2) is 71.8 Å². The van der Waals surface area contributed by atoms with Crippen molar-refractivity contribution in [1.29, 1.82) is 0 Å². The van der Waals surface area contributed by atoms with Gasteiger partial charge >= 0.3 is 0 Å². The summed E-state index contributed by atoms with van der Waals surface area (Å²) in [5.41, 5.74) is 2.01. The second kappa shape index (κ2) is 13.5. The molecule has 2 aromatic rings. The van der Waals surface area contributed by atoms with E-state index in [1.807, 2.05) is 48.2 Å². The molecule has 3 amide bonds. The number of carbonyl (C=O) groups excluding carboxylic acids is 3. The van der Waals surface area contributed by atoms with Crippen LogP contribution in [0.15, 0.2) is 48.5 Å². The summed E-state index contributed by atoms with van der Waals surface area (Å²) in [6, 6.07) is 13.3. The van der Waals surface area contributed by atoms with Crippen LogP contribution in [-0.2, 0) is 27.2 Å². The van der Waals surface area contributed by atoms with Crippen LogP contribution < -0.4 is 10.6 Å². The van der Waals surface area contributed by atoms with Crippen LogP contribution in [0.1, 0.15) is 43.7 Å². The van der Waals surface area contributed by atoms with Gasteiger partial charge in [-0.3, -0.25) is 14.4 Å². The lowest BCUT2D eigenvalue weighted by molar-refractivity contribution is -0.153. The van der Waals surface area contributed by atoms with Crippen molar-refractivity contribution in [2.75, 3.05) is 26.2 Å². The first kappa shape index (κ1) is 28.4. The zero-order valence-corrected chi connectivity index (χ0v) is 23.3. The van der Waals surface area contributed by atoms with Crippen LogP contribution in [0.4, 0.5) is 0 Å². The Labute approximate surface area is 234 Å². The molecule has 2 aromatic carbocycles.